The first-order chi connectivity index (χ1) is 14.0. The molecule has 3 aromatic rings. The molecule has 0 saturated carbocycles. The maximum absolute atomic E-state index is 12.6. The summed E-state index contributed by atoms with van der Waals surface area (Å²) in [6.45, 7) is 2.18. The SMILES string of the molecule is COC(=O)C(CNC(=O)c1ccc2cc(OC)ccc2n1)Cc1ccc(C)cc1. The molecule has 1 unspecified atom stereocenters. The Hall–Kier alpha value is -3.41. The maximum Gasteiger partial charge on any atom is 0.310 e. The van der Waals surface area contributed by atoms with E-state index in [1.165, 1.54) is 7.11 Å². The maximum atomic E-state index is 12.6. The van der Waals surface area contributed by atoms with E-state index >= 15 is 0 Å². The summed E-state index contributed by atoms with van der Waals surface area (Å²) in [5.41, 5.74) is 3.15. The highest BCUT2D eigenvalue weighted by atomic mass is 16.5. The molecule has 150 valence electrons. The van der Waals surface area contributed by atoms with E-state index in [1.807, 2.05) is 43.3 Å². The Morgan fingerprint density at radius 1 is 1.03 bits per heavy atom. The number of methoxy groups -OCH3 is 2. The van der Waals surface area contributed by atoms with Crippen LogP contribution >= 0.6 is 0 Å². The van der Waals surface area contributed by atoms with E-state index in [1.54, 1.807) is 25.3 Å². The fourth-order valence-corrected chi connectivity index (χ4v) is 3.08. The molecular weight excluding hydrogens is 368 g/mol. The average Bonchev–Trinajstić information content (AvgIpc) is 2.76. The largest absolute Gasteiger partial charge is 0.497 e. The van der Waals surface area contributed by atoms with Crippen LogP contribution in [0.3, 0.4) is 0 Å². The van der Waals surface area contributed by atoms with Crippen molar-refractivity contribution in [3.63, 3.8) is 0 Å². The molecule has 0 radical (unpaired) electrons. The number of nitrogens with zero attached hydrogens (tertiary/aromatic N) is 1. The Kier molecular flexibility index (Phi) is 6.44. The van der Waals surface area contributed by atoms with Crippen molar-refractivity contribution in [3.05, 3.63) is 71.4 Å². The molecule has 6 heteroatoms. The van der Waals surface area contributed by atoms with E-state index in [-0.39, 0.29) is 18.4 Å². The predicted octanol–water partition coefficient (Wildman–Crippen LogP) is 3.31. The standard InChI is InChI=1S/C23H24N2O4/c1-15-4-6-16(7-5-15)12-18(23(27)29-3)14-24-22(26)21-10-8-17-13-19(28-2)9-11-20(17)25-21/h4-11,13,18H,12,14H2,1-3H3,(H,24,26). The van der Waals surface area contributed by atoms with Crippen LogP contribution in [0.4, 0.5) is 0 Å². The minimum atomic E-state index is -0.476. The number of fused-ring (bicyclic) bond motifs is 1. The molecule has 0 aliphatic rings. The van der Waals surface area contributed by atoms with Crippen LogP contribution in [-0.4, -0.2) is 37.6 Å². The molecule has 1 aromatic heterocycles. The summed E-state index contributed by atoms with van der Waals surface area (Å²) in [5.74, 6) is -0.435. The number of esters is 1. The van der Waals surface area contributed by atoms with Gasteiger partial charge in [-0.25, -0.2) is 4.98 Å². The van der Waals surface area contributed by atoms with Gasteiger partial charge in [0.05, 0.1) is 25.7 Å². The molecule has 6 nitrogen and oxygen atoms in total. The average molecular weight is 392 g/mol. The van der Waals surface area contributed by atoms with Crippen LogP contribution in [0, 0.1) is 12.8 Å². The topological polar surface area (TPSA) is 77.5 Å². The van der Waals surface area contributed by atoms with E-state index in [9.17, 15) is 9.59 Å². The third-order valence-corrected chi connectivity index (χ3v) is 4.78. The summed E-state index contributed by atoms with van der Waals surface area (Å²) < 4.78 is 10.1. The van der Waals surface area contributed by atoms with E-state index in [4.69, 9.17) is 9.47 Å². The van der Waals surface area contributed by atoms with Gasteiger partial charge in [0.25, 0.3) is 5.91 Å². The molecule has 1 atom stereocenters. The zero-order valence-electron chi connectivity index (χ0n) is 16.8. The smallest absolute Gasteiger partial charge is 0.310 e. The van der Waals surface area contributed by atoms with Crippen molar-refractivity contribution < 1.29 is 19.1 Å². The number of nitrogens with one attached hydrogen (secondary N) is 1. The number of ether oxygens (including phenoxy) is 2. The van der Waals surface area contributed by atoms with Gasteiger partial charge in [0.1, 0.15) is 11.4 Å². The lowest BCUT2D eigenvalue weighted by Crippen LogP contribution is -2.35. The van der Waals surface area contributed by atoms with Crippen LogP contribution < -0.4 is 10.1 Å². The summed E-state index contributed by atoms with van der Waals surface area (Å²) in [7, 11) is 2.95. The second kappa shape index (κ2) is 9.19. The molecule has 0 spiro atoms. The molecule has 0 bridgehead atoms. The monoisotopic (exact) mass is 392 g/mol. The first-order valence-corrected chi connectivity index (χ1v) is 9.36. The fourth-order valence-electron chi connectivity index (χ4n) is 3.08. The summed E-state index contributed by atoms with van der Waals surface area (Å²) in [6, 6.07) is 16.9. The number of rotatable bonds is 7. The highest BCUT2D eigenvalue weighted by Crippen LogP contribution is 2.19. The third kappa shape index (κ3) is 5.10. The zero-order valence-corrected chi connectivity index (χ0v) is 16.8. The Bertz CT molecular complexity index is 1020. The van der Waals surface area contributed by atoms with E-state index in [2.05, 4.69) is 10.3 Å². The summed E-state index contributed by atoms with van der Waals surface area (Å²) in [5, 5.41) is 3.69. The van der Waals surface area contributed by atoms with Gasteiger partial charge in [-0.2, -0.15) is 0 Å². The molecule has 0 aliphatic carbocycles. The van der Waals surface area contributed by atoms with Gasteiger partial charge in [0, 0.05) is 11.9 Å². The quantitative estimate of drug-likeness (QED) is 0.624. The minimum absolute atomic E-state index is 0.168. The normalized spacial score (nSPS) is 11.7. The number of carbonyl (C=O) groups is 2. The van der Waals surface area contributed by atoms with Crippen LogP contribution in [0.1, 0.15) is 21.6 Å². The van der Waals surface area contributed by atoms with Crippen molar-refractivity contribution in [1.82, 2.24) is 10.3 Å². The van der Waals surface area contributed by atoms with Crippen LogP contribution in [0.2, 0.25) is 0 Å². The lowest BCUT2D eigenvalue weighted by molar-refractivity contribution is -0.145. The summed E-state index contributed by atoms with van der Waals surface area (Å²) in [6.07, 6.45) is 0.484. The molecule has 1 heterocycles. The first-order valence-electron chi connectivity index (χ1n) is 9.36. The number of hydrogen-bond acceptors (Lipinski definition) is 5. The van der Waals surface area contributed by atoms with Crippen molar-refractivity contribution in [2.45, 2.75) is 13.3 Å². The Morgan fingerprint density at radius 2 is 1.79 bits per heavy atom. The Balaban J connectivity index is 1.69. The molecule has 0 fully saturated rings. The zero-order chi connectivity index (χ0) is 20.8. The summed E-state index contributed by atoms with van der Waals surface area (Å²) >= 11 is 0. The van der Waals surface area contributed by atoms with Gasteiger partial charge in [-0.3, -0.25) is 9.59 Å². The van der Waals surface area contributed by atoms with E-state index in [0.29, 0.717) is 17.6 Å². The van der Waals surface area contributed by atoms with Gasteiger partial charge < -0.3 is 14.8 Å². The van der Waals surface area contributed by atoms with Crippen molar-refractivity contribution >= 4 is 22.8 Å². The van der Waals surface area contributed by atoms with Gasteiger partial charge in [-0.15, -0.1) is 0 Å². The molecule has 1 N–H and O–H groups in total. The lowest BCUT2D eigenvalue weighted by atomic mass is 9.98. The van der Waals surface area contributed by atoms with Crippen LogP contribution in [-0.2, 0) is 16.0 Å². The second-order valence-electron chi connectivity index (χ2n) is 6.87. The third-order valence-electron chi connectivity index (χ3n) is 4.78. The van der Waals surface area contributed by atoms with Gasteiger partial charge >= 0.3 is 5.97 Å². The van der Waals surface area contributed by atoms with Crippen LogP contribution in [0.5, 0.6) is 5.75 Å². The molecule has 0 aliphatic heterocycles. The van der Waals surface area contributed by atoms with E-state index in [0.717, 1.165) is 22.3 Å². The molecule has 3 rings (SSSR count). The number of carbonyl (C=O) groups excluding carboxylic acids is 2. The second-order valence-corrected chi connectivity index (χ2v) is 6.87. The Labute approximate surface area is 169 Å². The van der Waals surface area contributed by atoms with E-state index < -0.39 is 5.92 Å². The van der Waals surface area contributed by atoms with Crippen molar-refractivity contribution in [2.24, 2.45) is 5.92 Å². The van der Waals surface area contributed by atoms with Crippen LogP contribution in [0.15, 0.2) is 54.6 Å². The highest BCUT2D eigenvalue weighted by molar-refractivity contribution is 5.95. The number of aryl methyl sites for hydroxylation is 1. The van der Waals surface area contributed by atoms with Crippen LogP contribution in [0.25, 0.3) is 10.9 Å². The highest BCUT2D eigenvalue weighted by Gasteiger charge is 2.21. The summed E-state index contributed by atoms with van der Waals surface area (Å²) in [4.78, 5) is 29.1. The minimum Gasteiger partial charge on any atom is -0.497 e. The van der Waals surface area contributed by atoms with Gasteiger partial charge in [-0.05, 0) is 43.2 Å². The van der Waals surface area contributed by atoms with Crippen molar-refractivity contribution in [3.8, 4) is 5.75 Å². The number of amides is 1. The molecular formula is C23H24N2O4. The first kappa shape index (κ1) is 20.3. The predicted molar refractivity (Wildman–Crippen MR) is 111 cm³/mol. The molecule has 0 saturated heterocycles. The molecule has 1 amide bonds. The fraction of sp³-hybridized carbons (Fsp3) is 0.261. The number of hydrogen-bond donors (Lipinski definition) is 1. The van der Waals surface area contributed by atoms with Gasteiger partial charge in [0.2, 0.25) is 0 Å². The molecule has 2 aromatic carbocycles. The van der Waals surface area contributed by atoms with Gasteiger partial charge in [-0.1, -0.05) is 35.9 Å². The number of aromatic nitrogens is 1. The van der Waals surface area contributed by atoms with Gasteiger partial charge in [0.15, 0.2) is 0 Å². The van der Waals surface area contributed by atoms with Crippen molar-refractivity contribution in [1.29, 1.82) is 0 Å². The lowest BCUT2D eigenvalue weighted by Gasteiger charge is -2.16. The molecule has 29 heavy (non-hydrogen) atoms. The van der Waals surface area contributed by atoms with Crippen molar-refractivity contribution in [2.75, 3.05) is 20.8 Å². The Morgan fingerprint density at radius 3 is 2.48 bits per heavy atom. The number of benzene rings is 2. The number of pyridine rings is 1.